The standard InChI is InChI=1S/C21H20N2O6/c24-11-3-7-13-5-1-9-15(17(13)26)21(19(28)22-20(29)23-21)16-10-2-6-14(18(16)27)8-4-12-25/h1-6,9-12,24-27H,7-8H2,(H2,22,23,28,29). The van der Waals surface area contributed by atoms with Gasteiger partial charge in [0.25, 0.3) is 5.91 Å². The number of benzene rings is 2. The fraction of sp³-hybridized carbons (Fsp3) is 0.143. The van der Waals surface area contributed by atoms with Crippen LogP contribution in [-0.4, -0.2) is 32.4 Å². The topological polar surface area (TPSA) is 139 Å². The lowest BCUT2D eigenvalue weighted by atomic mass is 9.80. The first-order valence-electron chi connectivity index (χ1n) is 8.80. The molecule has 1 aliphatic heterocycles. The van der Waals surface area contributed by atoms with E-state index in [2.05, 4.69) is 10.6 Å². The lowest BCUT2D eigenvalue weighted by Gasteiger charge is -2.29. The highest BCUT2D eigenvalue weighted by Gasteiger charge is 2.52. The Labute approximate surface area is 166 Å². The van der Waals surface area contributed by atoms with Crippen molar-refractivity contribution in [1.29, 1.82) is 0 Å². The van der Waals surface area contributed by atoms with Gasteiger partial charge in [0.05, 0.1) is 12.5 Å². The minimum absolute atomic E-state index is 0.0786. The highest BCUT2D eigenvalue weighted by atomic mass is 16.3. The average molecular weight is 396 g/mol. The van der Waals surface area contributed by atoms with Gasteiger partial charge in [0.2, 0.25) is 0 Å². The highest BCUT2D eigenvalue weighted by molar-refractivity contribution is 6.10. The zero-order valence-electron chi connectivity index (χ0n) is 15.3. The van der Waals surface area contributed by atoms with E-state index in [-0.39, 0.29) is 35.5 Å². The van der Waals surface area contributed by atoms with Gasteiger partial charge in [-0.05, 0) is 36.1 Å². The number of phenols is 2. The summed E-state index contributed by atoms with van der Waals surface area (Å²) in [6.45, 7) is 0. The Morgan fingerprint density at radius 2 is 1.31 bits per heavy atom. The van der Waals surface area contributed by atoms with Crippen molar-refractivity contribution in [2.24, 2.45) is 0 Å². The number of nitrogens with one attached hydrogen (secondary N) is 2. The van der Waals surface area contributed by atoms with Crippen LogP contribution in [0.1, 0.15) is 22.3 Å². The molecule has 8 nitrogen and oxygen atoms in total. The molecule has 6 N–H and O–H groups in total. The molecule has 150 valence electrons. The number of hydrogen-bond acceptors (Lipinski definition) is 6. The predicted octanol–water partition coefficient (Wildman–Crippen LogP) is 2.41. The molecule has 0 atom stereocenters. The molecule has 0 unspecified atom stereocenters. The largest absolute Gasteiger partial charge is 0.516 e. The summed E-state index contributed by atoms with van der Waals surface area (Å²) >= 11 is 0. The summed E-state index contributed by atoms with van der Waals surface area (Å²) in [6.07, 6.45) is 4.90. The molecular weight excluding hydrogens is 376 g/mol. The lowest BCUT2D eigenvalue weighted by Crippen LogP contribution is -2.45. The summed E-state index contributed by atoms with van der Waals surface area (Å²) in [5.74, 6) is -1.25. The first kappa shape index (κ1) is 19.8. The number of imide groups is 1. The fourth-order valence-corrected chi connectivity index (χ4v) is 3.46. The average Bonchev–Trinajstić information content (AvgIpc) is 3.00. The number of aromatic hydroxyl groups is 2. The number of amides is 3. The SMILES string of the molecule is O=C1NC(=O)C(c2cccc(CC=CO)c2O)(c2cccc(CC=CO)c2O)N1. The van der Waals surface area contributed by atoms with Crippen molar-refractivity contribution in [3.8, 4) is 11.5 Å². The lowest BCUT2D eigenvalue weighted by molar-refractivity contribution is -0.123. The normalized spacial score (nSPS) is 19.0. The summed E-state index contributed by atoms with van der Waals surface area (Å²) in [4.78, 5) is 25.0. The maximum absolute atomic E-state index is 12.9. The summed E-state index contributed by atoms with van der Waals surface area (Å²) in [6, 6.07) is 8.62. The third-order valence-electron chi connectivity index (χ3n) is 4.80. The first-order chi connectivity index (χ1) is 14.0. The second-order valence-corrected chi connectivity index (χ2v) is 6.46. The van der Waals surface area contributed by atoms with Crippen LogP contribution in [-0.2, 0) is 23.2 Å². The zero-order chi connectivity index (χ0) is 21.0. The van der Waals surface area contributed by atoms with E-state index >= 15 is 0 Å². The van der Waals surface area contributed by atoms with Crippen LogP contribution in [0.2, 0.25) is 0 Å². The van der Waals surface area contributed by atoms with Crippen molar-refractivity contribution in [3.63, 3.8) is 0 Å². The second-order valence-electron chi connectivity index (χ2n) is 6.46. The Morgan fingerprint density at radius 3 is 1.69 bits per heavy atom. The third-order valence-corrected chi connectivity index (χ3v) is 4.80. The van der Waals surface area contributed by atoms with Crippen LogP contribution in [0.4, 0.5) is 4.79 Å². The van der Waals surface area contributed by atoms with Gasteiger partial charge in [-0.25, -0.2) is 4.79 Å². The quantitative estimate of drug-likeness (QED) is 0.327. The Hall–Kier alpha value is -3.94. The van der Waals surface area contributed by atoms with Gasteiger partial charge in [-0.2, -0.15) is 0 Å². The summed E-state index contributed by atoms with van der Waals surface area (Å²) in [5.41, 5.74) is -0.868. The Bertz CT molecular complexity index is 949. The molecule has 2 aromatic carbocycles. The monoisotopic (exact) mass is 396 g/mol. The molecule has 29 heavy (non-hydrogen) atoms. The molecule has 0 radical (unpaired) electrons. The van der Waals surface area contributed by atoms with E-state index in [1.54, 1.807) is 24.3 Å². The molecule has 2 aromatic rings. The molecule has 0 saturated carbocycles. The van der Waals surface area contributed by atoms with Gasteiger partial charge in [-0.3, -0.25) is 10.1 Å². The van der Waals surface area contributed by atoms with Crippen molar-refractivity contribution in [2.45, 2.75) is 18.4 Å². The number of urea groups is 1. The van der Waals surface area contributed by atoms with Crippen LogP contribution >= 0.6 is 0 Å². The number of aliphatic hydroxyl groups excluding tert-OH is 2. The molecule has 1 heterocycles. The number of para-hydroxylation sites is 2. The molecule has 1 fully saturated rings. The smallest absolute Gasteiger partial charge is 0.322 e. The van der Waals surface area contributed by atoms with E-state index in [1.165, 1.54) is 24.3 Å². The van der Waals surface area contributed by atoms with Crippen molar-refractivity contribution in [2.75, 3.05) is 0 Å². The van der Waals surface area contributed by atoms with Crippen molar-refractivity contribution in [3.05, 3.63) is 83.3 Å². The molecule has 8 heteroatoms. The van der Waals surface area contributed by atoms with Gasteiger partial charge in [-0.15, -0.1) is 0 Å². The number of carbonyl (C=O) groups is 2. The molecule has 1 saturated heterocycles. The zero-order valence-corrected chi connectivity index (χ0v) is 15.3. The van der Waals surface area contributed by atoms with Gasteiger partial charge in [0.15, 0.2) is 5.54 Å². The molecule has 3 amide bonds. The van der Waals surface area contributed by atoms with Crippen LogP contribution in [0.15, 0.2) is 61.1 Å². The van der Waals surface area contributed by atoms with E-state index in [0.29, 0.717) is 11.1 Å². The Morgan fingerprint density at radius 1 is 0.828 bits per heavy atom. The van der Waals surface area contributed by atoms with Gasteiger partial charge in [0.1, 0.15) is 11.5 Å². The number of allylic oxidation sites excluding steroid dienone is 2. The van der Waals surface area contributed by atoms with E-state index in [0.717, 1.165) is 12.5 Å². The molecule has 0 aliphatic carbocycles. The van der Waals surface area contributed by atoms with Gasteiger partial charge in [-0.1, -0.05) is 36.4 Å². The number of rotatable bonds is 6. The highest BCUT2D eigenvalue weighted by Crippen LogP contribution is 2.43. The van der Waals surface area contributed by atoms with Crippen LogP contribution in [0, 0.1) is 0 Å². The fourth-order valence-electron chi connectivity index (χ4n) is 3.46. The Kier molecular flexibility index (Phi) is 5.45. The van der Waals surface area contributed by atoms with Crippen LogP contribution in [0.3, 0.4) is 0 Å². The summed E-state index contributed by atoms with van der Waals surface area (Å²) in [7, 11) is 0. The first-order valence-corrected chi connectivity index (χ1v) is 8.80. The van der Waals surface area contributed by atoms with E-state index < -0.39 is 17.5 Å². The Balaban J connectivity index is 2.26. The van der Waals surface area contributed by atoms with E-state index in [9.17, 15) is 19.8 Å². The van der Waals surface area contributed by atoms with Crippen LogP contribution in [0.25, 0.3) is 0 Å². The molecular formula is C21H20N2O6. The van der Waals surface area contributed by atoms with Gasteiger partial charge < -0.3 is 25.7 Å². The summed E-state index contributed by atoms with van der Waals surface area (Å²) in [5, 5.41) is 44.2. The van der Waals surface area contributed by atoms with Gasteiger partial charge in [0, 0.05) is 11.1 Å². The number of aliphatic hydroxyl groups is 2. The number of hydrogen-bond donors (Lipinski definition) is 6. The number of carbonyl (C=O) groups excluding carboxylic acids is 2. The molecule has 0 spiro atoms. The molecule has 1 aliphatic rings. The molecule has 0 aromatic heterocycles. The maximum atomic E-state index is 12.9. The second kappa shape index (κ2) is 7.97. The summed E-state index contributed by atoms with van der Waals surface area (Å²) < 4.78 is 0. The van der Waals surface area contributed by atoms with Crippen molar-refractivity contribution in [1.82, 2.24) is 10.6 Å². The van der Waals surface area contributed by atoms with Gasteiger partial charge >= 0.3 is 6.03 Å². The van der Waals surface area contributed by atoms with E-state index in [4.69, 9.17) is 10.2 Å². The number of phenolic OH excluding ortho intramolecular Hbond substituents is 2. The molecule has 3 rings (SSSR count). The van der Waals surface area contributed by atoms with Crippen molar-refractivity contribution >= 4 is 11.9 Å². The maximum Gasteiger partial charge on any atom is 0.322 e. The minimum atomic E-state index is -1.86. The molecule has 0 bridgehead atoms. The van der Waals surface area contributed by atoms with E-state index in [1.807, 2.05) is 0 Å². The third kappa shape index (κ3) is 3.36. The van der Waals surface area contributed by atoms with Crippen LogP contribution in [0.5, 0.6) is 11.5 Å². The predicted molar refractivity (Wildman–Crippen MR) is 105 cm³/mol. The van der Waals surface area contributed by atoms with Crippen LogP contribution < -0.4 is 10.6 Å². The minimum Gasteiger partial charge on any atom is -0.516 e. The van der Waals surface area contributed by atoms with Crippen molar-refractivity contribution < 1.29 is 30.0 Å².